The lowest BCUT2D eigenvalue weighted by atomic mass is 10.1. The number of pyridine rings is 1. The summed E-state index contributed by atoms with van der Waals surface area (Å²) < 4.78 is 39.8. The van der Waals surface area contributed by atoms with E-state index in [2.05, 4.69) is 21.9 Å². The van der Waals surface area contributed by atoms with Gasteiger partial charge in [0.05, 0.1) is 0 Å². The summed E-state index contributed by atoms with van der Waals surface area (Å²) in [5.74, 6) is 0.408. The van der Waals surface area contributed by atoms with Gasteiger partial charge in [-0.05, 0) is 38.3 Å². The van der Waals surface area contributed by atoms with E-state index in [1.54, 1.807) is 22.9 Å². The standard InChI is InChI=1S/C19H24FN5O3S/c1-13(20)29(27,28)24-10-8-15(9-11-24)22-19-21-12-14-6-7-17(26)25(18(14)23-19)16-4-2-3-5-16/h6-7,12,15-16H,1-5,8-11H2,(H,21,22,23). The van der Waals surface area contributed by atoms with E-state index in [0.29, 0.717) is 24.4 Å². The second-order valence-electron chi connectivity index (χ2n) is 7.63. The summed E-state index contributed by atoms with van der Waals surface area (Å²) in [7, 11) is -4.07. The van der Waals surface area contributed by atoms with Crippen molar-refractivity contribution in [3.63, 3.8) is 0 Å². The van der Waals surface area contributed by atoms with Gasteiger partial charge in [-0.25, -0.2) is 13.4 Å². The van der Waals surface area contributed by atoms with E-state index in [0.717, 1.165) is 35.4 Å². The van der Waals surface area contributed by atoms with Crippen molar-refractivity contribution in [1.82, 2.24) is 18.8 Å². The van der Waals surface area contributed by atoms with Crippen LogP contribution in [0.25, 0.3) is 11.0 Å². The van der Waals surface area contributed by atoms with Crippen LogP contribution in [0, 0.1) is 0 Å². The molecule has 0 atom stereocenters. The van der Waals surface area contributed by atoms with Crippen molar-refractivity contribution in [3.05, 3.63) is 40.4 Å². The molecule has 2 aromatic rings. The topological polar surface area (TPSA) is 97.2 Å². The van der Waals surface area contributed by atoms with Crippen LogP contribution in [0.5, 0.6) is 0 Å². The highest BCUT2D eigenvalue weighted by Crippen LogP contribution is 2.30. The predicted molar refractivity (Wildman–Crippen MR) is 109 cm³/mol. The number of aromatic nitrogens is 3. The van der Waals surface area contributed by atoms with Crippen LogP contribution < -0.4 is 10.9 Å². The van der Waals surface area contributed by atoms with Crippen molar-refractivity contribution < 1.29 is 12.8 Å². The summed E-state index contributed by atoms with van der Waals surface area (Å²) in [6.45, 7) is 3.30. The lowest BCUT2D eigenvalue weighted by Crippen LogP contribution is -2.42. The molecule has 0 aromatic carbocycles. The van der Waals surface area contributed by atoms with Gasteiger partial charge in [-0.3, -0.25) is 9.36 Å². The third-order valence-corrected chi connectivity index (χ3v) is 7.37. The second kappa shape index (κ2) is 7.83. The van der Waals surface area contributed by atoms with E-state index in [1.807, 2.05) is 0 Å². The van der Waals surface area contributed by atoms with E-state index in [1.165, 1.54) is 0 Å². The quantitative estimate of drug-likeness (QED) is 0.797. The first kappa shape index (κ1) is 20.0. The van der Waals surface area contributed by atoms with Crippen LogP contribution in [-0.2, 0) is 10.0 Å². The van der Waals surface area contributed by atoms with Crippen LogP contribution in [-0.4, -0.2) is 46.4 Å². The van der Waals surface area contributed by atoms with Gasteiger partial charge in [-0.1, -0.05) is 12.8 Å². The first-order chi connectivity index (χ1) is 13.9. The Balaban J connectivity index is 1.53. The maximum Gasteiger partial charge on any atom is 0.269 e. The Labute approximate surface area is 168 Å². The lowest BCUT2D eigenvalue weighted by molar-refractivity contribution is 0.328. The number of piperidine rings is 1. The number of hydrogen-bond acceptors (Lipinski definition) is 6. The molecule has 1 N–H and O–H groups in total. The number of fused-ring (bicyclic) bond motifs is 1. The van der Waals surface area contributed by atoms with E-state index >= 15 is 0 Å². The molecular weight excluding hydrogens is 397 g/mol. The highest BCUT2D eigenvalue weighted by molar-refractivity contribution is 7.92. The van der Waals surface area contributed by atoms with Crippen molar-refractivity contribution >= 4 is 27.0 Å². The Morgan fingerprint density at radius 1 is 1.17 bits per heavy atom. The summed E-state index contributed by atoms with van der Waals surface area (Å²) in [5, 5.41) is 2.72. The number of sulfonamides is 1. The van der Waals surface area contributed by atoms with Gasteiger partial charge in [0, 0.05) is 42.8 Å². The zero-order chi connectivity index (χ0) is 20.6. The molecule has 10 heteroatoms. The molecule has 0 spiro atoms. The number of nitrogens with one attached hydrogen (secondary N) is 1. The minimum Gasteiger partial charge on any atom is -0.351 e. The molecular formula is C19H24FN5O3S. The molecule has 2 aromatic heterocycles. The van der Waals surface area contributed by atoms with Gasteiger partial charge in [0.2, 0.25) is 11.1 Å². The Bertz CT molecular complexity index is 1090. The van der Waals surface area contributed by atoms with Crippen LogP contribution in [0.15, 0.2) is 34.9 Å². The monoisotopic (exact) mass is 421 g/mol. The molecule has 4 rings (SSSR count). The molecule has 0 amide bonds. The Morgan fingerprint density at radius 3 is 2.52 bits per heavy atom. The van der Waals surface area contributed by atoms with Crippen LogP contribution in [0.3, 0.4) is 0 Å². The van der Waals surface area contributed by atoms with Gasteiger partial charge in [0.15, 0.2) is 0 Å². The van der Waals surface area contributed by atoms with Crippen molar-refractivity contribution in [2.75, 3.05) is 18.4 Å². The van der Waals surface area contributed by atoms with E-state index < -0.39 is 15.2 Å². The lowest BCUT2D eigenvalue weighted by Gasteiger charge is -2.31. The predicted octanol–water partition coefficient (Wildman–Crippen LogP) is 2.55. The Kier molecular flexibility index (Phi) is 5.39. The summed E-state index contributed by atoms with van der Waals surface area (Å²) in [5.41, 5.74) is 0.564. The summed E-state index contributed by atoms with van der Waals surface area (Å²) >= 11 is 0. The fraction of sp³-hybridized carbons (Fsp3) is 0.526. The van der Waals surface area contributed by atoms with E-state index in [4.69, 9.17) is 0 Å². The van der Waals surface area contributed by atoms with Crippen molar-refractivity contribution in [1.29, 1.82) is 0 Å². The van der Waals surface area contributed by atoms with Crippen LogP contribution in [0.1, 0.15) is 44.6 Å². The number of halogens is 1. The maximum absolute atomic E-state index is 13.2. The van der Waals surface area contributed by atoms with Crippen LogP contribution in [0.2, 0.25) is 0 Å². The van der Waals surface area contributed by atoms with Gasteiger partial charge in [0.1, 0.15) is 5.65 Å². The molecule has 0 bridgehead atoms. The highest BCUT2D eigenvalue weighted by atomic mass is 32.2. The average molecular weight is 421 g/mol. The largest absolute Gasteiger partial charge is 0.351 e. The summed E-state index contributed by atoms with van der Waals surface area (Å²) in [6.07, 6.45) is 6.85. The minimum atomic E-state index is -4.07. The van der Waals surface area contributed by atoms with Gasteiger partial charge in [0.25, 0.3) is 15.6 Å². The molecule has 8 nitrogen and oxygen atoms in total. The molecule has 1 saturated carbocycles. The van der Waals surface area contributed by atoms with Crippen molar-refractivity contribution in [2.45, 2.75) is 50.6 Å². The van der Waals surface area contributed by atoms with E-state index in [-0.39, 0.29) is 30.7 Å². The highest BCUT2D eigenvalue weighted by Gasteiger charge is 2.30. The third-order valence-electron chi connectivity index (χ3n) is 5.76. The molecule has 2 aliphatic rings. The molecule has 1 saturated heterocycles. The maximum atomic E-state index is 13.2. The van der Waals surface area contributed by atoms with Gasteiger partial charge >= 0.3 is 0 Å². The molecule has 29 heavy (non-hydrogen) atoms. The normalized spacial score (nSPS) is 19.6. The zero-order valence-corrected chi connectivity index (χ0v) is 16.9. The minimum absolute atomic E-state index is 0.0397. The van der Waals surface area contributed by atoms with E-state index in [9.17, 15) is 17.6 Å². The fourth-order valence-corrected chi connectivity index (χ4v) is 5.16. The smallest absolute Gasteiger partial charge is 0.269 e. The van der Waals surface area contributed by atoms with Gasteiger partial charge in [-0.2, -0.15) is 13.7 Å². The number of nitrogens with zero attached hydrogens (tertiary/aromatic N) is 4. The number of anilines is 1. The third kappa shape index (κ3) is 3.91. The summed E-state index contributed by atoms with van der Waals surface area (Å²) in [4.78, 5) is 21.4. The first-order valence-corrected chi connectivity index (χ1v) is 11.3. The molecule has 0 radical (unpaired) electrons. The molecule has 3 heterocycles. The molecule has 1 aliphatic carbocycles. The zero-order valence-electron chi connectivity index (χ0n) is 16.1. The van der Waals surface area contributed by atoms with Gasteiger partial charge in [-0.15, -0.1) is 0 Å². The molecule has 2 fully saturated rings. The average Bonchev–Trinajstić information content (AvgIpc) is 3.22. The van der Waals surface area contributed by atoms with Gasteiger partial charge < -0.3 is 5.32 Å². The Morgan fingerprint density at radius 2 is 1.86 bits per heavy atom. The summed E-state index contributed by atoms with van der Waals surface area (Å²) in [6, 6.07) is 3.42. The molecule has 0 unspecified atom stereocenters. The SMILES string of the molecule is C=C(F)S(=O)(=O)N1CCC(Nc2ncc3ccc(=O)n(C4CCCC4)c3n2)CC1. The fourth-order valence-electron chi connectivity index (χ4n) is 4.19. The van der Waals surface area contributed by atoms with Crippen LogP contribution in [0.4, 0.5) is 10.3 Å². The first-order valence-electron chi connectivity index (χ1n) is 9.85. The van der Waals surface area contributed by atoms with Crippen molar-refractivity contribution in [2.24, 2.45) is 0 Å². The second-order valence-corrected chi connectivity index (χ2v) is 9.54. The number of hydrogen-bond donors (Lipinski definition) is 1. The molecule has 1 aliphatic heterocycles. The van der Waals surface area contributed by atoms with Crippen molar-refractivity contribution in [3.8, 4) is 0 Å². The number of rotatable bonds is 5. The molecule has 156 valence electrons. The van der Waals surface area contributed by atoms with Crippen LogP contribution >= 0.6 is 0 Å². The Hall–Kier alpha value is -2.33.